The number of aryl methyl sites for hydroxylation is 1. The normalized spacial score (nSPS) is 11.0. The Morgan fingerprint density at radius 2 is 2.17 bits per heavy atom. The lowest BCUT2D eigenvalue weighted by molar-refractivity contribution is 0.624. The smallest absolute Gasteiger partial charge is 0.191 e. The van der Waals surface area contributed by atoms with Gasteiger partial charge in [-0.15, -0.1) is 35.3 Å². The summed E-state index contributed by atoms with van der Waals surface area (Å²) in [4.78, 5) is 8.69. The average Bonchev–Trinajstić information content (AvgIpc) is 2.98. The third-order valence-electron chi connectivity index (χ3n) is 3.15. The third kappa shape index (κ3) is 6.82. The van der Waals surface area contributed by atoms with Gasteiger partial charge in [0.1, 0.15) is 5.82 Å². The molecule has 7 heteroatoms. The van der Waals surface area contributed by atoms with Gasteiger partial charge in [0, 0.05) is 31.9 Å². The number of aliphatic imine (C=N–C) groups is 1. The van der Waals surface area contributed by atoms with Crippen molar-refractivity contribution in [2.24, 2.45) is 4.99 Å². The fourth-order valence-electron chi connectivity index (χ4n) is 1.99. The van der Waals surface area contributed by atoms with Gasteiger partial charge in [-0.2, -0.15) is 0 Å². The minimum absolute atomic E-state index is 0. The van der Waals surface area contributed by atoms with E-state index in [2.05, 4.69) is 32.9 Å². The van der Waals surface area contributed by atoms with E-state index in [1.165, 1.54) is 17.1 Å². The average molecular weight is 448 g/mol. The number of halogens is 2. The minimum Gasteiger partial charge on any atom is -0.356 e. The molecule has 1 aromatic carbocycles. The van der Waals surface area contributed by atoms with Gasteiger partial charge in [0.05, 0.1) is 10.7 Å². The molecule has 4 nitrogen and oxygen atoms in total. The first-order chi connectivity index (χ1) is 10.7. The first-order valence-corrected chi connectivity index (χ1v) is 8.21. The Morgan fingerprint density at radius 3 is 2.83 bits per heavy atom. The number of thiazole rings is 1. The summed E-state index contributed by atoms with van der Waals surface area (Å²) in [5.74, 6) is 0.479. The Balaban J connectivity index is 0.00000264. The van der Waals surface area contributed by atoms with Crippen molar-refractivity contribution >= 4 is 41.3 Å². The van der Waals surface area contributed by atoms with Crippen LogP contribution in [0.3, 0.4) is 0 Å². The van der Waals surface area contributed by atoms with Crippen molar-refractivity contribution in [3.8, 4) is 0 Å². The molecule has 0 atom stereocenters. The van der Waals surface area contributed by atoms with Crippen LogP contribution < -0.4 is 10.6 Å². The number of benzene rings is 1. The van der Waals surface area contributed by atoms with E-state index in [1.54, 1.807) is 24.5 Å². The predicted octanol–water partition coefficient (Wildman–Crippen LogP) is 3.37. The molecule has 0 aliphatic heterocycles. The molecule has 0 saturated heterocycles. The molecule has 0 unspecified atom stereocenters. The van der Waals surface area contributed by atoms with Crippen LogP contribution in [0.5, 0.6) is 0 Å². The van der Waals surface area contributed by atoms with Crippen LogP contribution in [-0.2, 0) is 19.4 Å². The standard InChI is InChI=1S/C16H21FN4S.HI/c1-3-15-21-14(11-22-15)7-8-19-16(18-2)20-10-12-5-4-6-13(17)9-12;/h4-6,9,11H,3,7-8,10H2,1-2H3,(H2,18,19,20);1H. The number of nitrogens with one attached hydrogen (secondary N) is 2. The van der Waals surface area contributed by atoms with Crippen molar-refractivity contribution in [1.82, 2.24) is 15.6 Å². The molecule has 1 aromatic heterocycles. The van der Waals surface area contributed by atoms with Gasteiger partial charge in [-0.25, -0.2) is 9.37 Å². The zero-order valence-corrected chi connectivity index (χ0v) is 16.5. The summed E-state index contributed by atoms with van der Waals surface area (Å²) in [6, 6.07) is 6.54. The van der Waals surface area contributed by atoms with Crippen LogP contribution in [0.1, 0.15) is 23.2 Å². The maximum atomic E-state index is 13.1. The maximum Gasteiger partial charge on any atom is 0.191 e. The molecule has 2 aromatic rings. The Hall–Kier alpha value is -1.22. The monoisotopic (exact) mass is 448 g/mol. The topological polar surface area (TPSA) is 49.3 Å². The molecule has 23 heavy (non-hydrogen) atoms. The van der Waals surface area contributed by atoms with Crippen LogP contribution in [0.25, 0.3) is 0 Å². The van der Waals surface area contributed by atoms with Crippen LogP contribution in [-0.4, -0.2) is 24.5 Å². The van der Waals surface area contributed by atoms with Crippen LogP contribution >= 0.6 is 35.3 Å². The lowest BCUT2D eigenvalue weighted by Crippen LogP contribution is -2.37. The summed E-state index contributed by atoms with van der Waals surface area (Å²) in [5, 5.41) is 9.68. The highest BCUT2D eigenvalue weighted by Gasteiger charge is 2.02. The maximum absolute atomic E-state index is 13.1. The Labute approximate surface area is 157 Å². The van der Waals surface area contributed by atoms with Gasteiger partial charge in [-0.3, -0.25) is 4.99 Å². The molecule has 0 fully saturated rings. The van der Waals surface area contributed by atoms with Gasteiger partial charge < -0.3 is 10.6 Å². The summed E-state index contributed by atoms with van der Waals surface area (Å²) in [7, 11) is 1.72. The number of aromatic nitrogens is 1. The second-order valence-electron chi connectivity index (χ2n) is 4.82. The zero-order chi connectivity index (χ0) is 15.8. The highest BCUT2D eigenvalue weighted by atomic mass is 127. The van der Waals surface area contributed by atoms with E-state index in [-0.39, 0.29) is 29.8 Å². The molecule has 2 rings (SSSR count). The van der Waals surface area contributed by atoms with E-state index >= 15 is 0 Å². The van der Waals surface area contributed by atoms with Crippen molar-refractivity contribution in [3.05, 3.63) is 51.7 Å². The highest BCUT2D eigenvalue weighted by molar-refractivity contribution is 14.0. The molecule has 1 heterocycles. The van der Waals surface area contributed by atoms with Crippen LogP contribution in [0.15, 0.2) is 34.6 Å². The molecule has 0 spiro atoms. The van der Waals surface area contributed by atoms with Crippen LogP contribution in [0, 0.1) is 5.82 Å². The first-order valence-electron chi connectivity index (χ1n) is 7.33. The Morgan fingerprint density at radius 1 is 1.35 bits per heavy atom. The van der Waals surface area contributed by atoms with E-state index in [9.17, 15) is 4.39 Å². The number of rotatable bonds is 6. The second kappa shape index (κ2) is 10.5. The molecule has 126 valence electrons. The van der Waals surface area contributed by atoms with Gasteiger partial charge in [-0.05, 0) is 24.1 Å². The molecule has 0 saturated carbocycles. The van der Waals surface area contributed by atoms with Gasteiger partial charge in [0.15, 0.2) is 5.96 Å². The second-order valence-corrected chi connectivity index (χ2v) is 5.76. The molecule has 0 bridgehead atoms. The quantitative estimate of drug-likeness (QED) is 0.405. The van der Waals surface area contributed by atoms with Crippen LogP contribution in [0.4, 0.5) is 4.39 Å². The number of hydrogen-bond donors (Lipinski definition) is 2. The van der Waals surface area contributed by atoms with Crippen molar-refractivity contribution in [2.45, 2.75) is 26.3 Å². The van der Waals surface area contributed by atoms with Crippen molar-refractivity contribution in [1.29, 1.82) is 0 Å². The van der Waals surface area contributed by atoms with Crippen LogP contribution in [0.2, 0.25) is 0 Å². The lowest BCUT2D eigenvalue weighted by Gasteiger charge is -2.11. The fraction of sp³-hybridized carbons (Fsp3) is 0.375. The van der Waals surface area contributed by atoms with Gasteiger partial charge in [0.25, 0.3) is 0 Å². The third-order valence-corrected chi connectivity index (χ3v) is 4.19. The number of hydrogen-bond acceptors (Lipinski definition) is 3. The summed E-state index contributed by atoms with van der Waals surface area (Å²) in [6.07, 6.45) is 1.84. The molecular formula is C16H22FIN4S. The van der Waals surface area contributed by atoms with Crippen molar-refractivity contribution in [2.75, 3.05) is 13.6 Å². The first kappa shape index (κ1) is 19.8. The summed E-state index contributed by atoms with van der Waals surface area (Å²) >= 11 is 1.70. The molecule has 0 aliphatic carbocycles. The SMILES string of the molecule is CCc1nc(CCNC(=NC)NCc2cccc(F)c2)cs1.I. The van der Waals surface area contributed by atoms with E-state index in [4.69, 9.17) is 0 Å². The fourth-order valence-corrected chi connectivity index (χ4v) is 2.77. The Kier molecular flexibility index (Phi) is 9.08. The van der Waals surface area contributed by atoms with E-state index < -0.39 is 0 Å². The van der Waals surface area contributed by atoms with Crippen molar-refractivity contribution < 1.29 is 4.39 Å². The predicted molar refractivity (Wildman–Crippen MR) is 105 cm³/mol. The zero-order valence-electron chi connectivity index (χ0n) is 13.3. The number of nitrogens with zero attached hydrogens (tertiary/aromatic N) is 2. The van der Waals surface area contributed by atoms with Crippen molar-refractivity contribution in [3.63, 3.8) is 0 Å². The molecule has 0 aliphatic rings. The summed E-state index contributed by atoms with van der Waals surface area (Å²) in [6.45, 7) is 3.41. The van der Waals surface area contributed by atoms with E-state index in [0.717, 1.165) is 30.6 Å². The molecule has 0 amide bonds. The summed E-state index contributed by atoms with van der Waals surface area (Å²) < 4.78 is 13.1. The molecule has 2 N–H and O–H groups in total. The van der Waals surface area contributed by atoms with Gasteiger partial charge >= 0.3 is 0 Å². The number of guanidine groups is 1. The van der Waals surface area contributed by atoms with Gasteiger partial charge in [-0.1, -0.05) is 19.1 Å². The Bertz CT molecular complexity index is 630. The van der Waals surface area contributed by atoms with E-state index in [1.807, 2.05) is 6.07 Å². The molecule has 0 radical (unpaired) electrons. The minimum atomic E-state index is -0.225. The highest BCUT2D eigenvalue weighted by Crippen LogP contribution is 2.10. The van der Waals surface area contributed by atoms with Gasteiger partial charge in [0.2, 0.25) is 0 Å². The van der Waals surface area contributed by atoms with E-state index in [0.29, 0.717) is 12.5 Å². The lowest BCUT2D eigenvalue weighted by atomic mass is 10.2. The largest absolute Gasteiger partial charge is 0.356 e. The molecular weight excluding hydrogens is 426 g/mol. The summed E-state index contributed by atoms with van der Waals surface area (Å²) in [5.41, 5.74) is 1.99.